The zero-order valence-electron chi connectivity index (χ0n) is 15.7. The summed E-state index contributed by atoms with van der Waals surface area (Å²) in [5.41, 5.74) is -0.0719. The van der Waals surface area contributed by atoms with E-state index in [0.717, 1.165) is 24.8 Å². The van der Waals surface area contributed by atoms with Crippen molar-refractivity contribution in [2.24, 2.45) is 0 Å². The van der Waals surface area contributed by atoms with Crippen LogP contribution in [0.4, 0.5) is 0 Å². The van der Waals surface area contributed by atoms with Crippen molar-refractivity contribution in [1.82, 2.24) is 14.9 Å². The highest BCUT2D eigenvalue weighted by Crippen LogP contribution is 2.36. The van der Waals surface area contributed by atoms with Gasteiger partial charge in [0.1, 0.15) is 12.5 Å². The molecule has 1 aromatic heterocycles. The summed E-state index contributed by atoms with van der Waals surface area (Å²) in [5.74, 6) is -0.0646. The fourth-order valence-electron chi connectivity index (χ4n) is 3.09. The molecule has 1 unspecified atom stereocenters. The number of ether oxygens (including phenoxy) is 1. The second-order valence-corrected chi connectivity index (χ2v) is 7.98. The maximum absolute atomic E-state index is 11.8. The zero-order valence-corrected chi connectivity index (χ0v) is 16.5. The average Bonchev–Trinajstić information content (AvgIpc) is 3.15. The lowest BCUT2D eigenvalue weighted by molar-refractivity contribution is -0.129. The minimum absolute atomic E-state index is 0.00418. The van der Waals surface area contributed by atoms with Crippen LogP contribution in [0, 0.1) is 0 Å². The minimum Gasteiger partial charge on any atom is -0.461 e. The second-order valence-electron chi connectivity index (χ2n) is 7.72. The number of aromatic nitrogens is 2. The molecule has 26 heavy (non-hydrogen) atoms. The number of hydrogen-bond donors (Lipinski definition) is 0. The molecule has 0 saturated carbocycles. The van der Waals surface area contributed by atoms with Crippen LogP contribution in [-0.2, 0) is 14.1 Å². The number of carbonyl (C=O) groups is 1. The normalized spacial score (nSPS) is 24.1. The molecule has 3 heterocycles. The summed E-state index contributed by atoms with van der Waals surface area (Å²) < 4.78 is 17.6. The van der Waals surface area contributed by atoms with Gasteiger partial charge < -0.3 is 18.9 Å². The van der Waals surface area contributed by atoms with Crippen molar-refractivity contribution in [1.29, 1.82) is 0 Å². The number of carbonyl (C=O) groups excluding carboxylic acids is 1. The molecule has 0 aliphatic carbocycles. The molecular weight excluding hydrogens is 356 g/mol. The third kappa shape index (κ3) is 3.82. The quantitative estimate of drug-likeness (QED) is 0.567. The van der Waals surface area contributed by atoms with Crippen LogP contribution in [0.2, 0.25) is 0 Å². The van der Waals surface area contributed by atoms with Crippen molar-refractivity contribution in [2.45, 2.75) is 57.8 Å². The van der Waals surface area contributed by atoms with Crippen LogP contribution < -0.4 is 10.2 Å². The van der Waals surface area contributed by atoms with Crippen molar-refractivity contribution < 1.29 is 18.8 Å². The van der Waals surface area contributed by atoms with Crippen LogP contribution >= 0.6 is 11.6 Å². The van der Waals surface area contributed by atoms with Gasteiger partial charge in [-0.3, -0.25) is 4.79 Å². The molecule has 1 atom stereocenters. The number of hydrogen-bond acceptors (Lipinski definition) is 6. The Balaban J connectivity index is 1.58. The van der Waals surface area contributed by atoms with Crippen LogP contribution in [0.3, 0.4) is 0 Å². The smallest absolute Gasteiger partial charge is 0.461 e. The van der Waals surface area contributed by atoms with Gasteiger partial charge in [0.2, 0.25) is 5.91 Å². The molecular formula is C17H25BClN3O4. The van der Waals surface area contributed by atoms with Crippen LogP contribution in [0.25, 0.3) is 0 Å². The summed E-state index contributed by atoms with van der Waals surface area (Å²) in [6.07, 6.45) is 5.16. The van der Waals surface area contributed by atoms with Crippen molar-refractivity contribution >= 4 is 30.1 Å². The molecule has 1 aromatic rings. The molecule has 0 aromatic carbocycles. The van der Waals surface area contributed by atoms with Crippen LogP contribution in [-0.4, -0.2) is 64.2 Å². The standard InChI is InChI=1S/C17H25BClN3O4/c1-16(2)17(3,4)26-18(25-16)12-9-20-15(21-10-12)24-11-13-6-5-7-22(13)14(23)8-19/h9-10,13H,5-8,11H2,1-4H3. The Labute approximate surface area is 159 Å². The van der Waals surface area contributed by atoms with Gasteiger partial charge in [0, 0.05) is 24.4 Å². The molecule has 1 amide bonds. The number of amides is 1. The topological polar surface area (TPSA) is 73.8 Å². The van der Waals surface area contributed by atoms with E-state index in [2.05, 4.69) is 9.97 Å². The van der Waals surface area contributed by atoms with Gasteiger partial charge in [0.25, 0.3) is 0 Å². The molecule has 7 nitrogen and oxygen atoms in total. The third-order valence-corrected chi connectivity index (χ3v) is 5.62. The highest BCUT2D eigenvalue weighted by atomic mass is 35.5. The summed E-state index contributed by atoms with van der Waals surface area (Å²) in [4.78, 5) is 22.1. The van der Waals surface area contributed by atoms with E-state index in [0.29, 0.717) is 6.61 Å². The van der Waals surface area contributed by atoms with E-state index >= 15 is 0 Å². The Bertz CT molecular complexity index is 640. The van der Waals surface area contributed by atoms with Gasteiger partial charge >= 0.3 is 13.1 Å². The van der Waals surface area contributed by atoms with E-state index < -0.39 is 18.3 Å². The molecule has 2 fully saturated rings. The number of rotatable bonds is 5. The number of halogens is 1. The molecule has 2 aliphatic rings. The molecule has 2 aliphatic heterocycles. The fraction of sp³-hybridized carbons (Fsp3) is 0.706. The van der Waals surface area contributed by atoms with E-state index in [-0.39, 0.29) is 23.8 Å². The summed E-state index contributed by atoms with van der Waals surface area (Å²) >= 11 is 5.65. The lowest BCUT2D eigenvalue weighted by Gasteiger charge is -2.32. The van der Waals surface area contributed by atoms with E-state index in [1.807, 2.05) is 27.7 Å². The number of alkyl halides is 1. The minimum atomic E-state index is -0.499. The fourth-order valence-corrected chi connectivity index (χ4v) is 3.24. The Morgan fingerprint density at radius 3 is 2.50 bits per heavy atom. The Morgan fingerprint density at radius 2 is 1.92 bits per heavy atom. The van der Waals surface area contributed by atoms with E-state index in [9.17, 15) is 4.79 Å². The largest absolute Gasteiger partial charge is 0.498 e. The van der Waals surface area contributed by atoms with Crippen molar-refractivity contribution in [3.63, 3.8) is 0 Å². The molecule has 0 radical (unpaired) electrons. The zero-order chi connectivity index (χ0) is 18.9. The first kappa shape index (κ1) is 19.4. The van der Waals surface area contributed by atoms with Crippen LogP contribution in [0.1, 0.15) is 40.5 Å². The molecule has 0 spiro atoms. The molecule has 0 bridgehead atoms. The first-order chi connectivity index (χ1) is 12.2. The predicted molar refractivity (Wildman–Crippen MR) is 98.7 cm³/mol. The monoisotopic (exact) mass is 381 g/mol. The van der Waals surface area contributed by atoms with Gasteiger partial charge in [0.05, 0.1) is 17.2 Å². The van der Waals surface area contributed by atoms with Crippen molar-refractivity contribution in [2.75, 3.05) is 19.0 Å². The van der Waals surface area contributed by atoms with E-state index in [1.165, 1.54) is 0 Å². The summed E-state index contributed by atoms with van der Waals surface area (Å²) in [6.45, 7) is 9.09. The van der Waals surface area contributed by atoms with Gasteiger partial charge in [-0.2, -0.15) is 0 Å². The van der Waals surface area contributed by atoms with E-state index in [1.54, 1.807) is 17.3 Å². The second kappa shape index (κ2) is 7.33. The first-order valence-electron chi connectivity index (χ1n) is 8.89. The van der Waals surface area contributed by atoms with Gasteiger partial charge in [-0.1, -0.05) is 0 Å². The molecule has 2 saturated heterocycles. The van der Waals surface area contributed by atoms with Gasteiger partial charge in [-0.15, -0.1) is 11.6 Å². The number of likely N-dealkylation sites (tertiary alicyclic amines) is 1. The molecule has 142 valence electrons. The van der Waals surface area contributed by atoms with Gasteiger partial charge in [-0.05, 0) is 40.5 Å². The van der Waals surface area contributed by atoms with Crippen molar-refractivity contribution in [3.8, 4) is 6.01 Å². The predicted octanol–water partition coefficient (Wildman–Crippen LogP) is 1.38. The third-order valence-electron chi connectivity index (χ3n) is 5.39. The highest BCUT2D eigenvalue weighted by molar-refractivity contribution is 6.61. The lowest BCUT2D eigenvalue weighted by Crippen LogP contribution is -2.41. The number of nitrogens with zero attached hydrogens (tertiary/aromatic N) is 3. The Hall–Kier alpha value is -1.38. The average molecular weight is 382 g/mol. The lowest BCUT2D eigenvalue weighted by atomic mass is 9.81. The SMILES string of the molecule is CC1(C)OB(c2cnc(OCC3CCCN3C(=O)CCl)nc2)OC1(C)C. The Kier molecular flexibility index (Phi) is 5.46. The van der Waals surface area contributed by atoms with Crippen LogP contribution in [0.5, 0.6) is 6.01 Å². The summed E-state index contributed by atoms with van der Waals surface area (Å²) in [6, 6.07) is 0.295. The Morgan fingerprint density at radius 1 is 1.31 bits per heavy atom. The van der Waals surface area contributed by atoms with Crippen LogP contribution in [0.15, 0.2) is 12.4 Å². The maximum Gasteiger partial charge on any atom is 0.498 e. The van der Waals surface area contributed by atoms with Gasteiger partial charge in [0.15, 0.2) is 0 Å². The maximum atomic E-state index is 11.8. The summed E-state index contributed by atoms with van der Waals surface area (Å²) in [5, 5.41) is 0. The molecule has 3 rings (SSSR count). The van der Waals surface area contributed by atoms with Crippen molar-refractivity contribution in [3.05, 3.63) is 12.4 Å². The van der Waals surface area contributed by atoms with E-state index in [4.69, 9.17) is 25.6 Å². The van der Waals surface area contributed by atoms with Gasteiger partial charge in [-0.25, -0.2) is 9.97 Å². The molecule has 9 heteroatoms. The first-order valence-corrected chi connectivity index (χ1v) is 9.43. The molecule has 0 N–H and O–H groups in total. The highest BCUT2D eigenvalue weighted by Gasteiger charge is 2.52. The summed E-state index contributed by atoms with van der Waals surface area (Å²) in [7, 11) is -0.499.